The first-order chi connectivity index (χ1) is 19.9. The maximum atomic E-state index is 13.7. The van der Waals surface area contributed by atoms with Crippen LogP contribution in [0.5, 0.6) is 0 Å². The van der Waals surface area contributed by atoms with Crippen LogP contribution in [0.3, 0.4) is 0 Å². The second-order valence-corrected chi connectivity index (χ2v) is 10.5. The van der Waals surface area contributed by atoms with Crippen LogP contribution in [0, 0.1) is 13.8 Å². The van der Waals surface area contributed by atoms with E-state index < -0.39 is 6.04 Å². The molecule has 41 heavy (non-hydrogen) atoms. The molecule has 0 bridgehead atoms. The van der Waals surface area contributed by atoms with Crippen molar-refractivity contribution in [3.63, 3.8) is 0 Å². The molecule has 0 radical (unpaired) electrons. The molecule has 3 N–H and O–H groups in total. The van der Waals surface area contributed by atoms with E-state index in [1.165, 1.54) is 0 Å². The zero-order valence-electron chi connectivity index (χ0n) is 22.9. The fourth-order valence-electron chi connectivity index (χ4n) is 5.39. The van der Waals surface area contributed by atoms with E-state index in [9.17, 15) is 14.4 Å². The average molecular weight is 543 g/mol. The van der Waals surface area contributed by atoms with Crippen molar-refractivity contribution in [2.75, 3.05) is 5.32 Å². The molecule has 2 aromatic heterocycles. The number of aromatic amines is 1. The number of H-pyrrole nitrogens is 1. The molecule has 7 heteroatoms. The predicted molar refractivity (Wildman–Crippen MR) is 164 cm³/mol. The second kappa shape index (κ2) is 10.8. The van der Waals surface area contributed by atoms with Crippen LogP contribution in [-0.2, 0) is 22.6 Å². The van der Waals surface area contributed by atoms with Crippen LogP contribution in [-0.4, -0.2) is 27.4 Å². The molecule has 4 aromatic carbocycles. The number of nitrogens with zero attached hydrogens (tertiary/aromatic N) is 1. The number of benzene rings is 4. The zero-order valence-corrected chi connectivity index (χ0v) is 22.9. The maximum absolute atomic E-state index is 13.7. The van der Waals surface area contributed by atoms with Crippen LogP contribution >= 0.6 is 0 Å². The van der Waals surface area contributed by atoms with E-state index in [0.717, 1.165) is 27.6 Å². The fourth-order valence-corrected chi connectivity index (χ4v) is 5.39. The minimum absolute atomic E-state index is 0.0530. The molecule has 0 saturated carbocycles. The Balaban J connectivity index is 1.34. The molecule has 1 atom stereocenters. The number of aromatic nitrogens is 2. The van der Waals surface area contributed by atoms with Gasteiger partial charge in [0, 0.05) is 40.0 Å². The van der Waals surface area contributed by atoms with Gasteiger partial charge >= 0.3 is 0 Å². The van der Waals surface area contributed by atoms with Crippen LogP contribution in [0.15, 0.2) is 102 Å². The molecule has 6 aromatic rings. The van der Waals surface area contributed by atoms with Crippen molar-refractivity contribution in [2.45, 2.75) is 32.9 Å². The first-order valence-corrected chi connectivity index (χ1v) is 13.6. The smallest absolute Gasteiger partial charge is 0.247 e. The van der Waals surface area contributed by atoms with E-state index in [2.05, 4.69) is 15.6 Å². The van der Waals surface area contributed by atoms with Gasteiger partial charge in [-0.2, -0.15) is 0 Å². The number of anilines is 1. The van der Waals surface area contributed by atoms with Crippen molar-refractivity contribution in [1.29, 1.82) is 0 Å². The fraction of sp³-hybridized carbons (Fsp3) is 0.147. The summed E-state index contributed by atoms with van der Waals surface area (Å²) in [6.07, 6.45) is 2.19. The van der Waals surface area contributed by atoms with Crippen LogP contribution in [0.4, 0.5) is 5.69 Å². The van der Waals surface area contributed by atoms with E-state index in [0.29, 0.717) is 33.9 Å². The molecule has 0 fully saturated rings. The molecule has 204 valence electrons. The molecular weight excluding hydrogens is 512 g/mol. The van der Waals surface area contributed by atoms with Gasteiger partial charge < -0.3 is 20.2 Å². The minimum atomic E-state index is -0.831. The summed E-state index contributed by atoms with van der Waals surface area (Å²) in [5, 5.41) is 8.06. The van der Waals surface area contributed by atoms with Gasteiger partial charge in [-0.3, -0.25) is 14.4 Å². The minimum Gasteiger partial charge on any atom is -0.361 e. The third-order valence-corrected chi connectivity index (χ3v) is 7.50. The second-order valence-electron chi connectivity index (χ2n) is 10.5. The van der Waals surface area contributed by atoms with Gasteiger partial charge in [0.1, 0.15) is 12.6 Å². The summed E-state index contributed by atoms with van der Waals surface area (Å²) >= 11 is 0. The molecule has 0 unspecified atom stereocenters. The summed E-state index contributed by atoms with van der Waals surface area (Å²) in [4.78, 5) is 43.7. The largest absolute Gasteiger partial charge is 0.361 e. The molecule has 0 aliphatic rings. The predicted octanol–water partition coefficient (Wildman–Crippen LogP) is 5.62. The lowest BCUT2D eigenvalue weighted by molar-refractivity contribution is -0.126. The van der Waals surface area contributed by atoms with Gasteiger partial charge in [0.05, 0.1) is 11.0 Å². The molecule has 0 spiro atoms. The first-order valence-electron chi connectivity index (χ1n) is 13.6. The van der Waals surface area contributed by atoms with Crippen LogP contribution < -0.4 is 16.1 Å². The van der Waals surface area contributed by atoms with Crippen LogP contribution in [0.2, 0.25) is 0 Å². The van der Waals surface area contributed by atoms with Crippen molar-refractivity contribution < 1.29 is 9.59 Å². The van der Waals surface area contributed by atoms with Gasteiger partial charge in [-0.05, 0) is 61.9 Å². The number of aryl methyl sites for hydroxylation is 2. The van der Waals surface area contributed by atoms with Crippen molar-refractivity contribution in [3.05, 3.63) is 124 Å². The average Bonchev–Trinajstić information content (AvgIpc) is 3.39. The number of hydrogen-bond donors (Lipinski definition) is 3. The lowest BCUT2D eigenvalue weighted by Crippen LogP contribution is -2.46. The number of para-hydroxylation sites is 2. The molecule has 0 aliphatic heterocycles. The standard InChI is InChI=1S/C34H30N4O3/c1-21-11-14-24(15-12-21)36-34(41)29(18-23-19-35-28-9-5-3-7-25(23)28)37-32(39)20-38-30-10-6-4-8-26(30)33(40)27-17-22(2)13-16-31(27)38/h3-17,19,29,35H,18,20H2,1-2H3,(H,36,41)(H,37,39)/t29-/m0/s1. The summed E-state index contributed by atoms with van der Waals surface area (Å²) in [7, 11) is 0. The van der Waals surface area contributed by atoms with Crippen molar-refractivity contribution in [3.8, 4) is 0 Å². The highest BCUT2D eigenvalue weighted by molar-refractivity contribution is 5.99. The topological polar surface area (TPSA) is 96.0 Å². The Bertz CT molecular complexity index is 1990. The first kappa shape index (κ1) is 26.1. The van der Waals surface area contributed by atoms with E-state index in [-0.39, 0.29) is 23.8 Å². The molecule has 2 amide bonds. The van der Waals surface area contributed by atoms with Gasteiger partial charge in [-0.25, -0.2) is 0 Å². The summed E-state index contributed by atoms with van der Waals surface area (Å²) < 4.78 is 1.85. The highest BCUT2D eigenvalue weighted by Gasteiger charge is 2.24. The lowest BCUT2D eigenvalue weighted by atomic mass is 10.0. The van der Waals surface area contributed by atoms with E-state index >= 15 is 0 Å². The Hall–Kier alpha value is -5.17. The Kier molecular flexibility index (Phi) is 6.85. The van der Waals surface area contributed by atoms with Crippen molar-refractivity contribution in [2.24, 2.45) is 0 Å². The number of rotatable bonds is 7. The summed E-state index contributed by atoms with van der Waals surface area (Å²) in [5.74, 6) is -0.637. The Morgan fingerprint density at radius 3 is 2.29 bits per heavy atom. The Labute approximate surface area is 236 Å². The number of carbonyl (C=O) groups is 2. The number of carbonyl (C=O) groups excluding carboxylic acids is 2. The van der Waals surface area contributed by atoms with E-state index in [1.54, 1.807) is 6.07 Å². The van der Waals surface area contributed by atoms with Crippen molar-refractivity contribution >= 4 is 50.2 Å². The third kappa shape index (κ3) is 5.22. The molecular formula is C34H30N4O3. The van der Waals surface area contributed by atoms with E-state index in [1.807, 2.05) is 110 Å². The Morgan fingerprint density at radius 1 is 0.805 bits per heavy atom. The van der Waals surface area contributed by atoms with Crippen LogP contribution in [0.25, 0.3) is 32.7 Å². The van der Waals surface area contributed by atoms with Gasteiger partial charge in [0.2, 0.25) is 11.8 Å². The summed E-state index contributed by atoms with van der Waals surface area (Å²) in [6, 6.07) is 27.6. The molecule has 6 rings (SSSR count). The van der Waals surface area contributed by atoms with E-state index in [4.69, 9.17) is 0 Å². The third-order valence-electron chi connectivity index (χ3n) is 7.50. The highest BCUT2D eigenvalue weighted by Crippen LogP contribution is 2.22. The normalized spacial score (nSPS) is 12.0. The SMILES string of the molecule is Cc1ccc(NC(=O)[C@H](Cc2c[nH]c3ccccc23)NC(=O)Cn2c3ccccc3c(=O)c3cc(C)ccc32)cc1. The number of amides is 2. The molecule has 2 heterocycles. The van der Waals surface area contributed by atoms with Gasteiger partial charge in [-0.15, -0.1) is 0 Å². The quantitative estimate of drug-likeness (QED) is 0.229. The number of fused-ring (bicyclic) bond motifs is 3. The Morgan fingerprint density at radius 2 is 1.49 bits per heavy atom. The molecule has 0 aliphatic carbocycles. The molecule has 0 saturated heterocycles. The summed E-state index contributed by atoms with van der Waals surface area (Å²) in [6.45, 7) is 3.87. The zero-order chi connectivity index (χ0) is 28.5. The summed E-state index contributed by atoms with van der Waals surface area (Å²) in [5.41, 5.74) is 5.88. The van der Waals surface area contributed by atoms with Crippen LogP contribution in [0.1, 0.15) is 16.7 Å². The van der Waals surface area contributed by atoms with Gasteiger partial charge in [0.25, 0.3) is 0 Å². The molecule has 7 nitrogen and oxygen atoms in total. The maximum Gasteiger partial charge on any atom is 0.247 e. The highest BCUT2D eigenvalue weighted by atomic mass is 16.2. The lowest BCUT2D eigenvalue weighted by Gasteiger charge is -2.20. The number of nitrogens with one attached hydrogen (secondary N) is 3. The number of hydrogen-bond acceptors (Lipinski definition) is 3. The van der Waals surface area contributed by atoms with Gasteiger partial charge in [0.15, 0.2) is 5.43 Å². The van der Waals surface area contributed by atoms with Crippen molar-refractivity contribution in [1.82, 2.24) is 14.9 Å². The monoisotopic (exact) mass is 542 g/mol. The van der Waals surface area contributed by atoms with Gasteiger partial charge in [-0.1, -0.05) is 59.7 Å². The number of pyridine rings is 1.